The lowest BCUT2D eigenvalue weighted by Gasteiger charge is -2.05. The topological polar surface area (TPSA) is 43.8 Å². The number of halogens is 2. The van der Waals surface area contributed by atoms with Crippen LogP contribution in [0.3, 0.4) is 0 Å². The first-order chi connectivity index (χ1) is 10.1. The molecule has 3 rings (SSSR count). The van der Waals surface area contributed by atoms with E-state index in [1.807, 2.05) is 31.2 Å². The molecule has 2 N–H and O–H groups in total. The molecule has 0 aliphatic rings. The van der Waals surface area contributed by atoms with Crippen LogP contribution in [-0.2, 0) is 0 Å². The standard InChI is InChI=1S/C16H13F2N3/c1-10-5-2-3-8-14(10)21-9-13(19)16(20-21)15-11(17)6-4-7-12(15)18/h2-9H,19H2,1H3. The third-order valence-electron chi connectivity index (χ3n) is 3.30. The molecule has 3 nitrogen and oxygen atoms in total. The SMILES string of the molecule is Cc1ccccc1-n1cc(N)c(-c2c(F)cccc2F)n1. The van der Waals surface area contributed by atoms with Gasteiger partial charge in [-0.05, 0) is 30.7 Å². The van der Waals surface area contributed by atoms with Gasteiger partial charge in [0.05, 0.1) is 23.1 Å². The largest absolute Gasteiger partial charge is 0.396 e. The summed E-state index contributed by atoms with van der Waals surface area (Å²) in [6, 6.07) is 11.2. The molecule has 0 aliphatic heterocycles. The number of nitrogens with zero attached hydrogens (tertiary/aromatic N) is 2. The molecule has 21 heavy (non-hydrogen) atoms. The molecule has 0 fully saturated rings. The van der Waals surface area contributed by atoms with Crippen molar-refractivity contribution in [3.63, 3.8) is 0 Å². The summed E-state index contributed by atoms with van der Waals surface area (Å²) in [5, 5.41) is 4.24. The van der Waals surface area contributed by atoms with Crippen LogP contribution in [0.4, 0.5) is 14.5 Å². The van der Waals surface area contributed by atoms with E-state index in [1.165, 1.54) is 22.9 Å². The Bertz CT molecular complexity index is 789. The number of para-hydroxylation sites is 1. The van der Waals surface area contributed by atoms with Crippen molar-refractivity contribution in [2.24, 2.45) is 0 Å². The van der Waals surface area contributed by atoms with Gasteiger partial charge in [-0.15, -0.1) is 0 Å². The molecule has 0 atom stereocenters. The van der Waals surface area contributed by atoms with E-state index in [0.717, 1.165) is 11.3 Å². The van der Waals surface area contributed by atoms with E-state index in [2.05, 4.69) is 5.10 Å². The molecule has 0 unspecified atom stereocenters. The average molecular weight is 285 g/mol. The number of aromatic nitrogens is 2. The number of anilines is 1. The van der Waals surface area contributed by atoms with Crippen molar-refractivity contribution in [3.8, 4) is 16.9 Å². The van der Waals surface area contributed by atoms with Crippen molar-refractivity contribution in [2.45, 2.75) is 6.92 Å². The van der Waals surface area contributed by atoms with Gasteiger partial charge < -0.3 is 5.73 Å². The van der Waals surface area contributed by atoms with E-state index in [0.29, 0.717) is 0 Å². The monoisotopic (exact) mass is 285 g/mol. The van der Waals surface area contributed by atoms with Crippen LogP contribution in [0.1, 0.15) is 5.56 Å². The number of benzene rings is 2. The summed E-state index contributed by atoms with van der Waals surface area (Å²) in [7, 11) is 0. The molecule has 0 saturated heterocycles. The van der Waals surface area contributed by atoms with Crippen LogP contribution < -0.4 is 5.73 Å². The van der Waals surface area contributed by atoms with Gasteiger partial charge in [-0.2, -0.15) is 5.10 Å². The van der Waals surface area contributed by atoms with E-state index in [1.54, 1.807) is 6.20 Å². The lowest BCUT2D eigenvalue weighted by Crippen LogP contribution is -1.98. The number of nitrogen functional groups attached to an aromatic ring is 1. The number of rotatable bonds is 2. The van der Waals surface area contributed by atoms with E-state index in [9.17, 15) is 8.78 Å². The van der Waals surface area contributed by atoms with Crippen molar-refractivity contribution in [1.29, 1.82) is 0 Å². The Morgan fingerprint density at radius 2 is 1.67 bits per heavy atom. The second-order valence-corrected chi connectivity index (χ2v) is 4.76. The molecule has 1 heterocycles. The van der Waals surface area contributed by atoms with E-state index in [4.69, 9.17) is 5.73 Å². The van der Waals surface area contributed by atoms with Crippen molar-refractivity contribution in [1.82, 2.24) is 9.78 Å². The lowest BCUT2D eigenvalue weighted by molar-refractivity contribution is 0.588. The van der Waals surface area contributed by atoms with Crippen LogP contribution in [-0.4, -0.2) is 9.78 Å². The summed E-state index contributed by atoms with van der Waals surface area (Å²) in [5.41, 5.74) is 7.80. The maximum Gasteiger partial charge on any atom is 0.135 e. The van der Waals surface area contributed by atoms with Gasteiger partial charge in [0.15, 0.2) is 0 Å². The second kappa shape index (κ2) is 5.01. The molecule has 5 heteroatoms. The third-order valence-corrected chi connectivity index (χ3v) is 3.30. The first-order valence-electron chi connectivity index (χ1n) is 6.43. The number of hydrogen-bond acceptors (Lipinski definition) is 2. The Labute approximate surface area is 120 Å². The third kappa shape index (κ3) is 2.27. The van der Waals surface area contributed by atoms with E-state index in [-0.39, 0.29) is 16.9 Å². The smallest absolute Gasteiger partial charge is 0.135 e. The average Bonchev–Trinajstić information content (AvgIpc) is 2.81. The van der Waals surface area contributed by atoms with Crippen LogP contribution in [0.2, 0.25) is 0 Å². The van der Waals surface area contributed by atoms with Gasteiger partial charge in [-0.25, -0.2) is 13.5 Å². The van der Waals surface area contributed by atoms with Gasteiger partial charge in [-0.1, -0.05) is 24.3 Å². The van der Waals surface area contributed by atoms with Gasteiger partial charge >= 0.3 is 0 Å². The van der Waals surface area contributed by atoms with Crippen molar-refractivity contribution >= 4 is 5.69 Å². The van der Waals surface area contributed by atoms with Crippen molar-refractivity contribution < 1.29 is 8.78 Å². The Balaban J connectivity index is 2.18. The summed E-state index contributed by atoms with van der Waals surface area (Å²) < 4.78 is 29.3. The minimum atomic E-state index is -0.684. The quantitative estimate of drug-likeness (QED) is 0.780. The summed E-state index contributed by atoms with van der Waals surface area (Å²) in [4.78, 5) is 0. The number of aryl methyl sites for hydroxylation is 1. The van der Waals surface area contributed by atoms with Crippen LogP contribution >= 0.6 is 0 Å². The van der Waals surface area contributed by atoms with Crippen molar-refractivity contribution in [3.05, 3.63) is 65.9 Å². The highest BCUT2D eigenvalue weighted by molar-refractivity contribution is 5.73. The highest BCUT2D eigenvalue weighted by atomic mass is 19.1. The molecule has 0 amide bonds. The Hall–Kier alpha value is -2.69. The van der Waals surface area contributed by atoms with Crippen LogP contribution in [0.25, 0.3) is 16.9 Å². The van der Waals surface area contributed by atoms with E-state index < -0.39 is 11.6 Å². The lowest BCUT2D eigenvalue weighted by atomic mass is 10.1. The summed E-state index contributed by atoms with van der Waals surface area (Å²) >= 11 is 0. The molecule has 0 spiro atoms. The first-order valence-corrected chi connectivity index (χ1v) is 6.43. The zero-order valence-electron chi connectivity index (χ0n) is 11.3. The molecule has 3 aromatic rings. The normalized spacial score (nSPS) is 10.8. The van der Waals surface area contributed by atoms with Gasteiger partial charge in [-0.3, -0.25) is 0 Å². The van der Waals surface area contributed by atoms with E-state index >= 15 is 0 Å². The molecular weight excluding hydrogens is 272 g/mol. The molecule has 1 aromatic heterocycles. The van der Waals surface area contributed by atoms with Gasteiger partial charge in [0.25, 0.3) is 0 Å². The highest BCUT2D eigenvalue weighted by Gasteiger charge is 2.18. The Morgan fingerprint density at radius 1 is 1.00 bits per heavy atom. The van der Waals surface area contributed by atoms with Gasteiger partial charge in [0, 0.05) is 0 Å². The molecule has 0 bridgehead atoms. The predicted octanol–water partition coefficient (Wildman–Crippen LogP) is 3.71. The molecule has 0 radical (unpaired) electrons. The summed E-state index contributed by atoms with van der Waals surface area (Å²) in [6.07, 6.45) is 1.56. The Kier molecular flexibility index (Phi) is 3.17. The molecule has 2 aromatic carbocycles. The fourth-order valence-electron chi connectivity index (χ4n) is 2.25. The first kappa shape index (κ1) is 13.3. The zero-order chi connectivity index (χ0) is 15.0. The second-order valence-electron chi connectivity index (χ2n) is 4.76. The zero-order valence-corrected chi connectivity index (χ0v) is 11.3. The van der Waals surface area contributed by atoms with Gasteiger partial charge in [0.1, 0.15) is 17.3 Å². The minimum absolute atomic E-state index is 0.105. The van der Waals surface area contributed by atoms with Gasteiger partial charge in [0.2, 0.25) is 0 Å². The van der Waals surface area contributed by atoms with Crippen LogP contribution in [0.5, 0.6) is 0 Å². The molecule has 0 saturated carbocycles. The number of nitrogens with two attached hydrogens (primary N) is 1. The molecule has 106 valence electrons. The fraction of sp³-hybridized carbons (Fsp3) is 0.0625. The predicted molar refractivity (Wildman–Crippen MR) is 78.1 cm³/mol. The molecular formula is C16H13F2N3. The van der Waals surface area contributed by atoms with Crippen LogP contribution in [0, 0.1) is 18.6 Å². The number of hydrogen-bond donors (Lipinski definition) is 1. The summed E-state index contributed by atoms with van der Waals surface area (Å²) in [5.74, 6) is -1.37. The summed E-state index contributed by atoms with van der Waals surface area (Å²) in [6.45, 7) is 1.93. The maximum absolute atomic E-state index is 13.9. The van der Waals surface area contributed by atoms with Crippen molar-refractivity contribution in [2.75, 3.05) is 5.73 Å². The van der Waals surface area contributed by atoms with Crippen LogP contribution in [0.15, 0.2) is 48.7 Å². The fourth-order valence-corrected chi connectivity index (χ4v) is 2.25. The highest BCUT2D eigenvalue weighted by Crippen LogP contribution is 2.30. The Morgan fingerprint density at radius 3 is 2.33 bits per heavy atom. The maximum atomic E-state index is 13.9. The molecule has 0 aliphatic carbocycles. The minimum Gasteiger partial charge on any atom is -0.396 e.